The Bertz CT molecular complexity index is 458. The maximum Gasteiger partial charge on any atom is 0.0374 e. The van der Waals surface area contributed by atoms with Gasteiger partial charge in [-0.25, -0.2) is 0 Å². The van der Waals surface area contributed by atoms with Gasteiger partial charge in [0.05, 0.1) is 0 Å². The zero-order valence-corrected chi connectivity index (χ0v) is 15.3. The summed E-state index contributed by atoms with van der Waals surface area (Å²) in [5.74, 6) is 1.11. The standard InChI is InChI=1S/C18H26BrNS/c1-2-20-17(15-10-6-4-3-5-7-11-15)14-21-18-13-9-8-12-16(18)19/h8-10,12-13,17,20H,2-7,11,14H2,1H3/b15-10+. The van der Waals surface area contributed by atoms with Crippen LogP contribution in [0.25, 0.3) is 0 Å². The molecule has 0 heterocycles. The molecule has 0 saturated heterocycles. The molecule has 0 spiro atoms. The average molecular weight is 368 g/mol. The lowest BCUT2D eigenvalue weighted by atomic mass is 9.95. The molecule has 0 bridgehead atoms. The van der Waals surface area contributed by atoms with Gasteiger partial charge in [-0.2, -0.15) is 0 Å². The molecule has 1 unspecified atom stereocenters. The molecule has 1 aliphatic rings. The van der Waals surface area contributed by atoms with Crippen LogP contribution in [0.15, 0.2) is 45.3 Å². The normalized spacial score (nSPS) is 20.2. The zero-order valence-electron chi connectivity index (χ0n) is 12.9. The highest BCUT2D eigenvalue weighted by molar-refractivity contribution is 9.10. The van der Waals surface area contributed by atoms with Crippen molar-refractivity contribution < 1.29 is 0 Å². The maximum atomic E-state index is 3.69. The number of hydrogen-bond acceptors (Lipinski definition) is 2. The van der Waals surface area contributed by atoms with Gasteiger partial charge in [-0.1, -0.05) is 43.5 Å². The predicted molar refractivity (Wildman–Crippen MR) is 98.1 cm³/mol. The summed E-state index contributed by atoms with van der Waals surface area (Å²) < 4.78 is 1.21. The average Bonchev–Trinajstić information content (AvgIpc) is 2.45. The molecule has 1 aliphatic carbocycles. The molecule has 2 rings (SSSR count). The Kier molecular flexibility index (Phi) is 7.91. The van der Waals surface area contributed by atoms with Crippen molar-refractivity contribution in [1.82, 2.24) is 5.32 Å². The monoisotopic (exact) mass is 367 g/mol. The van der Waals surface area contributed by atoms with Crippen molar-refractivity contribution in [2.75, 3.05) is 12.3 Å². The van der Waals surface area contributed by atoms with E-state index in [2.05, 4.69) is 58.5 Å². The largest absolute Gasteiger partial charge is 0.310 e. The number of halogens is 1. The number of likely N-dealkylation sites (N-methyl/N-ethyl adjacent to an activating group) is 1. The van der Waals surface area contributed by atoms with Gasteiger partial charge < -0.3 is 5.32 Å². The molecule has 21 heavy (non-hydrogen) atoms. The van der Waals surface area contributed by atoms with E-state index in [1.54, 1.807) is 5.57 Å². The molecule has 0 radical (unpaired) electrons. The highest BCUT2D eigenvalue weighted by Crippen LogP contribution is 2.29. The Morgan fingerprint density at radius 2 is 2.00 bits per heavy atom. The zero-order chi connectivity index (χ0) is 14.9. The summed E-state index contributed by atoms with van der Waals surface area (Å²) in [5.41, 5.74) is 1.64. The van der Waals surface area contributed by atoms with Crippen molar-refractivity contribution in [3.05, 3.63) is 40.4 Å². The van der Waals surface area contributed by atoms with Gasteiger partial charge in [-0.3, -0.25) is 0 Å². The van der Waals surface area contributed by atoms with Gasteiger partial charge in [0.25, 0.3) is 0 Å². The number of rotatable bonds is 6. The Morgan fingerprint density at radius 1 is 1.19 bits per heavy atom. The summed E-state index contributed by atoms with van der Waals surface area (Å²) in [4.78, 5) is 1.34. The summed E-state index contributed by atoms with van der Waals surface area (Å²) in [6, 6.07) is 9.03. The van der Waals surface area contributed by atoms with Crippen LogP contribution in [0.1, 0.15) is 45.4 Å². The molecule has 116 valence electrons. The summed E-state index contributed by atoms with van der Waals surface area (Å²) in [6.07, 6.45) is 10.6. The molecule has 1 aromatic carbocycles. The SMILES string of the molecule is CCNC(CSc1ccccc1Br)/C1=C/CCCCCC1. The molecule has 1 N–H and O–H groups in total. The van der Waals surface area contributed by atoms with Crippen molar-refractivity contribution in [3.8, 4) is 0 Å². The van der Waals surface area contributed by atoms with Gasteiger partial charge in [0.2, 0.25) is 0 Å². The second-order valence-electron chi connectivity index (χ2n) is 5.58. The smallest absolute Gasteiger partial charge is 0.0374 e. The second-order valence-corrected chi connectivity index (χ2v) is 7.50. The van der Waals surface area contributed by atoms with Crippen molar-refractivity contribution in [2.45, 2.75) is 56.4 Å². The van der Waals surface area contributed by atoms with Crippen LogP contribution in [0.5, 0.6) is 0 Å². The number of benzene rings is 1. The first kappa shape index (κ1) is 17.1. The number of thioether (sulfide) groups is 1. The van der Waals surface area contributed by atoms with E-state index in [1.165, 1.54) is 47.9 Å². The van der Waals surface area contributed by atoms with E-state index < -0.39 is 0 Å². The van der Waals surface area contributed by atoms with Gasteiger partial charge in [0, 0.05) is 21.2 Å². The van der Waals surface area contributed by atoms with Crippen LogP contribution in [0.3, 0.4) is 0 Å². The molecule has 0 aliphatic heterocycles. The molecular formula is C18H26BrNS. The fourth-order valence-corrected chi connectivity index (χ4v) is 4.50. The van der Waals surface area contributed by atoms with Gasteiger partial charge in [-0.15, -0.1) is 11.8 Å². The Labute approximate surface area is 142 Å². The van der Waals surface area contributed by atoms with Crippen LogP contribution < -0.4 is 5.32 Å². The van der Waals surface area contributed by atoms with E-state index in [4.69, 9.17) is 0 Å². The topological polar surface area (TPSA) is 12.0 Å². The summed E-state index contributed by atoms with van der Waals surface area (Å²) in [5, 5.41) is 3.69. The highest BCUT2D eigenvalue weighted by atomic mass is 79.9. The Hall–Kier alpha value is -0.250. The van der Waals surface area contributed by atoms with Gasteiger partial charge in [0.15, 0.2) is 0 Å². The van der Waals surface area contributed by atoms with Crippen LogP contribution in [0, 0.1) is 0 Å². The van der Waals surface area contributed by atoms with Crippen LogP contribution >= 0.6 is 27.7 Å². The predicted octanol–water partition coefficient (Wildman–Crippen LogP) is 5.80. The van der Waals surface area contributed by atoms with Crippen molar-refractivity contribution >= 4 is 27.7 Å². The van der Waals surface area contributed by atoms with Gasteiger partial charge in [-0.05, 0) is 60.3 Å². The van der Waals surface area contributed by atoms with Gasteiger partial charge >= 0.3 is 0 Å². The number of allylic oxidation sites excluding steroid dienone is 1. The van der Waals surface area contributed by atoms with Crippen LogP contribution in [0.4, 0.5) is 0 Å². The summed E-state index contributed by atoms with van der Waals surface area (Å²) >= 11 is 5.60. The molecule has 3 heteroatoms. The third kappa shape index (κ3) is 5.80. The Morgan fingerprint density at radius 3 is 2.81 bits per heavy atom. The molecule has 0 amide bonds. The first-order valence-electron chi connectivity index (χ1n) is 8.11. The van der Waals surface area contributed by atoms with E-state index in [0.29, 0.717) is 6.04 Å². The first-order chi connectivity index (χ1) is 10.3. The lowest BCUT2D eigenvalue weighted by Crippen LogP contribution is -2.33. The fourth-order valence-electron chi connectivity index (χ4n) is 2.81. The summed E-state index contributed by atoms with van der Waals surface area (Å²) in [7, 11) is 0. The first-order valence-corrected chi connectivity index (χ1v) is 9.88. The van der Waals surface area contributed by atoms with Crippen molar-refractivity contribution in [1.29, 1.82) is 0 Å². The minimum Gasteiger partial charge on any atom is -0.310 e. The minimum absolute atomic E-state index is 0.519. The third-order valence-corrected chi connectivity index (χ3v) is 6.09. The highest BCUT2D eigenvalue weighted by Gasteiger charge is 2.15. The molecule has 0 saturated carbocycles. The molecule has 0 fully saturated rings. The van der Waals surface area contributed by atoms with E-state index in [9.17, 15) is 0 Å². The van der Waals surface area contributed by atoms with E-state index in [1.807, 2.05) is 11.8 Å². The van der Waals surface area contributed by atoms with Crippen LogP contribution in [0.2, 0.25) is 0 Å². The molecule has 0 aromatic heterocycles. The maximum absolute atomic E-state index is 3.69. The lowest BCUT2D eigenvalue weighted by Gasteiger charge is -2.23. The summed E-state index contributed by atoms with van der Waals surface area (Å²) in [6.45, 7) is 3.25. The molecule has 1 nitrogen and oxygen atoms in total. The Balaban J connectivity index is 1.99. The number of nitrogens with one attached hydrogen (secondary N) is 1. The van der Waals surface area contributed by atoms with E-state index in [-0.39, 0.29) is 0 Å². The second kappa shape index (κ2) is 9.70. The van der Waals surface area contributed by atoms with Crippen LogP contribution in [-0.4, -0.2) is 18.3 Å². The van der Waals surface area contributed by atoms with Crippen LogP contribution in [-0.2, 0) is 0 Å². The minimum atomic E-state index is 0.519. The molecule has 1 atom stereocenters. The van der Waals surface area contributed by atoms with Crippen molar-refractivity contribution in [2.24, 2.45) is 0 Å². The molecule has 1 aromatic rings. The fraction of sp³-hybridized carbons (Fsp3) is 0.556. The third-order valence-electron chi connectivity index (χ3n) is 3.97. The molecular weight excluding hydrogens is 342 g/mol. The van der Waals surface area contributed by atoms with E-state index in [0.717, 1.165) is 12.3 Å². The van der Waals surface area contributed by atoms with Crippen molar-refractivity contribution in [3.63, 3.8) is 0 Å². The quantitative estimate of drug-likeness (QED) is 0.503. The van der Waals surface area contributed by atoms with E-state index >= 15 is 0 Å². The number of hydrogen-bond donors (Lipinski definition) is 1. The van der Waals surface area contributed by atoms with Gasteiger partial charge in [0.1, 0.15) is 0 Å². The lowest BCUT2D eigenvalue weighted by molar-refractivity contribution is 0.566.